The number of nitrogens with one attached hydrogen (secondary N) is 1. The minimum Gasteiger partial charge on any atom is -0.377 e. The largest absolute Gasteiger partial charge is 0.377 e. The topological polar surface area (TPSA) is 68.5 Å². The fourth-order valence-corrected chi connectivity index (χ4v) is 4.87. The van der Waals surface area contributed by atoms with Crippen LogP contribution >= 0.6 is 23.6 Å². The summed E-state index contributed by atoms with van der Waals surface area (Å²) in [5.41, 5.74) is 0.463. The second-order valence-corrected chi connectivity index (χ2v) is 8.36. The van der Waals surface area contributed by atoms with E-state index in [-0.39, 0.29) is 17.4 Å². The van der Waals surface area contributed by atoms with Crippen LogP contribution in [0.3, 0.4) is 0 Å². The van der Waals surface area contributed by atoms with Gasteiger partial charge in [-0.25, -0.2) is 4.79 Å². The number of hydrogen-bond donors (Lipinski definition) is 1. The minimum absolute atomic E-state index is 0.0950. The van der Waals surface area contributed by atoms with Gasteiger partial charge in [0.05, 0.1) is 31.2 Å². The van der Waals surface area contributed by atoms with Crippen LogP contribution in [0.1, 0.15) is 31.2 Å². The third kappa shape index (κ3) is 3.81. The molecule has 1 saturated heterocycles. The number of aromatic nitrogens is 2. The smallest absolute Gasteiger partial charge is 0.332 e. The van der Waals surface area contributed by atoms with Crippen molar-refractivity contribution in [2.75, 3.05) is 19.7 Å². The first-order chi connectivity index (χ1) is 12.8. The van der Waals surface area contributed by atoms with Crippen molar-refractivity contribution in [2.45, 2.75) is 53.4 Å². The minimum atomic E-state index is -0.270. The zero-order valence-corrected chi connectivity index (χ0v) is 17.8. The summed E-state index contributed by atoms with van der Waals surface area (Å²) in [7, 11) is 0. The molecule has 2 aromatic rings. The quantitative estimate of drug-likeness (QED) is 0.701. The van der Waals surface area contributed by atoms with E-state index in [2.05, 4.69) is 10.2 Å². The maximum Gasteiger partial charge on any atom is 0.332 e. The molecule has 2 aromatic heterocycles. The first-order valence-corrected chi connectivity index (χ1v) is 10.5. The Hall–Kier alpha value is -1.71. The lowest BCUT2D eigenvalue weighted by Crippen LogP contribution is -2.40. The van der Waals surface area contributed by atoms with Gasteiger partial charge in [0.15, 0.2) is 5.11 Å². The highest BCUT2D eigenvalue weighted by atomic mass is 32.1. The number of fused-ring (bicyclic) bond motifs is 1. The van der Waals surface area contributed by atoms with Crippen LogP contribution in [0.25, 0.3) is 10.2 Å². The molecule has 0 saturated carbocycles. The Morgan fingerprint density at radius 1 is 1.30 bits per heavy atom. The second-order valence-electron chi connectivity index (χ2n) is 6.89. The first kappa shape index (κ1) is 20.0. The van der Waals surface area contributed by atoms with E-state index in [1.54, 1.807) is 4.57 Å². The third-order valence-electron chi connectivity index (χ3n) is 4.75. The number of thiophene rings is 1. The number of aryl methyl sites for hydroxylation is 1. The van der Waals surface area contributed by atoms with Gasteiger partial charge in [-0.3, -0.25) is 13.9 Å². The summed E-state index contributed by atoms with van der Waals surface area (Å²) in [6.45, 7) is 11.3. The maximum absolute atomic E-state index is 12.9. The fourth-order valence-electron chi connectivity index (χ4n) is 3.28. The SMILES string of the molecule is CCn1c(=O)c2c(C)c(CN3CCNC3=S)sc2n(CCOC(C)C)c1=O. The van der Waals surface area contributed by atoms with Gasteiger partial charge >= 0.3 is 5.69 Å². The Kier molecular flexibility index (Phi) is 6.02. The lowest BCUT2D eigenvalue weighted by molar-refractivity contribution is 0.0725. The van der Waals surface area contributed by atoms with Gasteiger partial charge in [-0.1, -0.05) is 0 Å². The summed E-state index contributed by atoms with van der Waals surface area (Å²) >= 11 is 6.85. The normalized spacial score (nSPS) is 14.6. The number of thiocarbonyl (C=S) groups is 1. The van der Waals surface area contributed by atoms with Crippen molar-refractivity contribution in [1.82, 2.24) is 19.4 Å². The Morgan fingerprint density at radius 2 is 2.04 bits per heavy atom. The molecule has 1 fully saturated rings. The van der Waals surface area contributed by atoms with Gasteiger partial charge < -0.3 is 15.0 Å². The number of ether oxygens (including phenoxy) is 1. The highest BCUT2D eigenvalue weighted by Crippen LogP contribution is 2.29. The molecule has 0 aromatic carbocycles. The predicted molar refractivity (Wildman–Crippen MR) is 113 cm³/mol. The zero-order chi connectivity index (χ0) is 19.7. The van der Waals surface area contributed by atoms with Crippen LogP contribution in [-0.2, 0) is 24.4 Å². The van der Waals surface area contributed by atoms with Crippen molar-refractivity contribution in [3.8, 4) is 0 Å². The molecular weight excluding hydrogens is 384 g/mol. The van der Waals surface area contributed by atoms with E-state index in [1.165, 1.54) is 15.9 Å². The lowest BCUT2D eigenvalue weighted by atomic mass is 10.2. The van der Waals surface area contributed by atoms with Gasteiger partial charge in [-0.15, -0.1) is 11.3 Å². The number of rotatable bonds is 7. The van der Waals surface area contributed by atoms with E-state index in [4.69, 9.17) is 17.0 Å². The molecule has 1 N–H and O–H groups in total. The highest BCUT2D eigenvalue weighted by Gasteiger charge is 2.23. The first-order valence-electron chi connectivity index (χ1n) is 9.25. The van der Waals surface area contributed by atoms with Crippen molar-refractivity contribution >= 4 is 38.9 Å². The van der Waals surface area contributed by atoms with E-state index in [1.807, 2.05) is 27.7 Å². The zero-order valence-electron chi connectivity index (χ0n) is 16.2. The van der Waals surface area contributed by atoms with Crippen LogP contribution in [-0.4, -0.2) is 44.9 Å². The molecule has 0 radical (unpaired) electrons. The Morgan fingerprint density at radius 3 is 2.63 bits per heavy atom. The Labute approximate surface area is 167 Å². The van der Waals surface area contributed by atoms with Crippen LogP contribution in [0.4, 0.5) is 0 Å². The van der Waals surface area contributed by atoms with Crippen molar-refractivity contribution < 1.29 is 4.74 Å². The third-order valence-corrected chi connectivity index (χ3v) is 6.46. The van der Waals surface area contributed by atoms with Crippen LogP contribution in [0.2, 0.25) is 0 Å². The molecule has 3 heterocycles. The molecule has 0 spiro atoms. The molecule has 0 amide bonds. The molecule has 9 heteroatoms. The summed E-state index contributed by atoms with van der Waals surface area (Å²) < 4.78 is 8.63. The summed E-state index contributed by atoms with van der Waals surface area (Å²) in [5.74, 6) is 0. The van der Waals surface area contributed by atoms with Crippen LogP contribution < -0.4 is 16.6 Å². The van der Waals surface area contributed by atoms with E-state index < -0.39 is 0 Å². The van der Waals surface area contributed by atoms with Crippen LogP contribution in [0.5, 0.6) is 0 Å². The second kappa shape index (κ2) is 8.12. The monoisotopic (exact) mass is 410 g/mol. The van der Waals surface area contributed by atoms with Crippen molar-refractivity contribution in [3.63, 3.8) is 0 Å². The van der Waals surface area contributed by atoms with Crippen molar-refractivity contribution in [1.29, 1.82) is 0 Å². The Balaban J connectivity index is 2.09. The standard InChI is InChI=1S/C18H26N4O3S2/c1-5-21-15(23)14-12(4)13(10-20-7-6-19-17(20)26)27-16(14)22(18(21)24)8-9-25-11(2)3/h11H,5-10H2,1-4H3,(H,19,26). The molecule has 7 nitrogen and oxygen atoms in total. The van der Waals surface area contributed by atoms with Crippen LogP contribution in [0, 0.1) is 6.92 Å². The molecular formula is C18H26N4O3S2. The summed E-state index contributed by atoms with van der Waals surface area (Å²) in [6.07, 6.45) is 0.0950. The number of nitrogens with zero attached hydrogens (tertiary/aromatic N) is 3. The number of hydrogen-bond acceptors (Lipinski definition) is 5. The average Bonchev–Trinajstić information content (AvgIpc) is 3.15. The fraction of sp³-hybridized carbons (Fsp3) is 0.611. The molecule has 27 heavy (non-hydrogen) atoms. The van der Waals surface area contributed by atoms with Gasteiger partial charge in [-0.2, -0.15) is 0 Å². The summed E-state index contributed by atoms with van der Waals surface area (Å²) in [4.78, 5) is 29.7. The molecule has 0 unspecified atom stereocenters. The molecule has 0 bridgehead atoms. The van der Waals surface area contributed by atoms with Crippen LogP contribution in [0.15, 0.2) is 9.59 Å². The van der Waals surface area contributed by atoms with Gasteiger partial charge in [0, 0.05) is 24.5 Å². The van der Waals surface area contributed by atoms with E-state index >= 15 is 0 Å². The van der Waals surface area contributed by atoms with E-state index in [9.17, 15) is 9.59 Å². The highest BCUT2D eigenvalue weighted by molar-refractivity contribution is 7.80. The lowest BCUT2D eigenvalue weighted by Gasteiger charge is -2.15. The maximum atomic E-state index is 12.9. The molecule has 0 atom stereocenters. The van der Waals surface area contributed by atoms with Gasteiger partial charge in [0.25, 0.3) is 5.56 Å². The van der Waals surface area contributed by atoms with Gasteiger partial charge in [0.2, 0.25) is 0 Å². The Bertz CT molecular complexity index is 974. The predicted octanol–water partition coefficient (Wildman–Crippen LogP) is 1.67. The summed E-state index contributed by atoms with van der Waals surface area (Å²) in [6, 6.07) is 0. The van der Waals surface area contributed by atoms with E-state index in [0.717, 1.165) is 33.5 Å². The average molecular weight is 411 g/mol. The van der Waals surface area contributed by atoms with Gasteiger partial charge in [-0.05, 0) is 45.5 Å². The molecule has 1 aliphatic rings. The molecule has 148 valence electrons. The van der Waals surface area contributed by atoms with E-state index in [0.29, 0.717) is 31.6 Å². The van der Waals surface area contributed by atoms with Crippen molar-refractivity contribution in [2.24, 2.45) is 0 Å². The van der Waals surface area contributed by atoms with Crippen molar-refractivity contribution in [3.05, 3.63) is 31.3 Å². The summed E-state index contributed by atoms with van der Waals surface area (Å²) in [5, 5.41) is 4.53. The molecule has 0 aliphatic carbocycles. The van der Waals surface area contributed by atoms with Gasteiger partial charge in [0.1, 0.15) is 4.83 Å². The molecule has 1 aliphatic heterocycles. The molecule has 3 rings (SSSR count).